The van der Waals surface area contributed by atoms with E-state index in [9.17, 15) is 14.7 Å². The van der Waals surface area contributed by atoms with Crippen molar-refractivity contribution in [2.24, 2.45) is 0 Å². The third-order valence-electron chi connectivity index (χ3n) is 5.86. The molecule has 7 heteroatoms. The number of benzene rings is 4. The lowest BCUT2D eigenvalue weighted by Crippen LogP contribution is -2.27. The number of hydrogen-bond donors (Lipinski definition) is 2. The van der Waals surface area contributed by atoms with E-state index in [1.165, 1.54) is 24.1 Å². The number of nitrogens with one attached hydrogen (secondary N) is 1. The highest BCUT2D eigenvalue weighted by Crippen LogP contribution is 2.32. The minimum Gasteiger partial charge on any atom is -0.507 e. The number of aryl methyl sites for hydroxylation is 1. The Labute approximate surface area is 215 Å². The topological polar surface area (TPSA) is 88.1 Å². The van der Waals surface area contributed by atoms with Crippen molar-refractivity contribution in [1.82, 2.24) is 0 Å². The summed E-state index contributed by atoms with van der Waals surface area (Å²) in [6.07, 6.45) is 0. The van der Waals surface area contributed by atoms with Gasteiger partial charge in [0.2, 0.25) is 0 Å². The lowest BCUT2D eigenvalue weighted by Gasteiger charge is -2.22. The summed E-state index contributed by atoms with van der Waals surface area (Å²) in [4.78, 5) is 27.6. The SMILES string of the molecule is COc1cc(C(=O)N(C)c2ccc(C)cc2OCc2ccccc2)ccc1NC(=O)c1ccccc1O. The Morgan fingerprint density at radius 1 is 0.892 bits per heavy atom. The molecular formula is C30H28N2O5. The first-order valence-corrected chi connectivity index (χ1v) is 11.7. The Hall–Kier alpha value is -4.78. The smallest absolute Gasteiger partial charge is 0.259 e. The number of phenols is 1. The summed E-state index contributed by atoms with van der Waals surface area (Å²) in [5.41, 5.74) is 3.54. The van der Waals surface area contributed by atoms with Crippen LogP contribution in [-0.2, 0) is 6.61 Å². The van der Waals surface area contributed by atoms with E-state index in [1.807, 2.05) is 55.5 Å². The number of amides is 2. The van der Waals surface area contributed by atoms with Crippen molar-refractivity contribution in [2.75, 3.05) is 24.4 Å². The van der Waals surface area contributed by atoms with Crippen LogP contribution >= 0.6 is 0 Å². The molecule has 0 aliphatic rings. The Morgan fingerprint density at radius 2 is 1.62 bits per heavy atom. The largest absolute Gasteiger partial charge is 0.507 e. The number of methoxy groups -OCH3 is 1. The molecule has 0 fully saturated rings. The molecule has 0 aliphatic carbocycles. The van der Waals surface area contributed by atoms with Gasteiger partial charge in [0.25, 0.3) is 11.8 Å². The van der Waals surface area contributed by atoms with Gasteiger partial charge in [0, 0.05) is 12.6 Å². The van der Waals surface area contributed by atoms with Crippen LogP contribution in [0.4, 0.5) is 11.4 Å². The van der Waals surface area contributed by atoms with Crippen molar-refractivity contribution in [1.29, 1.82) is 0 Å². The summed E-state index contributed by atoms with van der Waals surface area (Å²) in [7, 11) is 3.14. The lowest BCUT2D eigenvalue weighted by atomic mass is 10.1. The van der Waals surface area contributed by atoms with Crippen LogP contribution in [0.15, 0.2) is 91.0 Å². The molecule has 0 atom stereocenters. The lowest BCUT2D eigenvalue weighted by molar-refractivity contribution is 0.0990. The molecule has 0 aromatic heterocycles. The molecule has 7 nitrogen and oxygen atoms in total. The van der Waals surface area contributed by atoms with Crippen LogP contribution in [0.2, 0.25) is 0 Å². The van der Waals surface area contributed by atoms with Gasteiger partial charge in [0.1, 0.15) is 23.9 Å². The van der Waals surface area contributed by atoms with Crippen molar-refractivity contribution in [3.05, 3.63) is 113 Å². The fraction of sp³-hybridized carbons (Fsp3) is 0.133. The molecule has 4 aromatic rings. The first-order chi connectivity index (χ1) is 17.9. The van der Waals surface area contributed by atoms with E-state index in [2.05, 4.69) is 5.32 Å². The standard InChI is InChI=1S/C30H28N2O5/c1-20-13-16-25(28(17-20)37-19-21-9-5-4-6-10-21)32(2)30(35)22-14-15-24(27(18-22)36-3)31-29(34)23-11-7-8-12-26(23)33/h4-18,33H,19H2,1-3H3,(H,31,34). The number of phenolic OH excluding ortho intramolecular Hbond substituents is 1. The van der Waals surface area contributed by atoms with Crippen molar-refractivity contribution in [2.45, 2.75) is 13.5 Å². The number of ether oxygens (including phenoxy) is 2. The monoisotopic (exact) mass is 496 g/mol. The minimum absolute atomic E-state index is 0.129. The van der Waals surface area contributed by atoms with Crippen LogP contribution in [0.5, 0.6) is 17.2 Å². The Kier molecular flexibility index (Phi) is 7.74. The zero-order chi connectivity index (χ0) is 26.4. The van der Waals surface area contributed by atoms with Gasteiger partial charge in [-0.3, -0.25) is 9.59 Å². The number of aromatic hydroxyl groups is 1. The maximum Gasteiger partial charge on any atom is 0.259 e. The highest BCUT2D eigenvalue weighted by atomic mass is 16.5. The van der Waals surface area contributed by atoms with Gasteiger partial charge in [-0.2, -0.15) is 0 Å². The Balaban J connectivity index is 1.55. The second kappa shape index (κ2) is 11.3. The highest BCUT2D eigenvalue weighted by Gasteiger charge is 2.20. The first kappa shape index (κ1) is 25.3. The molecule has 188 valence electrons. The third-order valence-corrected chi connectivity index (χ3v) is 5.86. The van der Waals surface area contributed by atoms with Crippen LogP contribution < -0.4 is 19.7 Å². The Bertz CT molecular complexity index is 1420. The molecule has 4 rings (SSSR count). The quantitative estimate of drug-likeness (QED) is 0.321. The molecule has 4 aromatic carbocycles. The summed E-state index contributed by atoms with van der Waals surface area (Å²) in [6.45, 7) is 2.34. The van der Waals surface area contributed by atoms with Gasteiger partial charge in [0.15, 0.2) is 0 Å². The van der Waals surface area contributed by atoms with E-state index in [0.29, 0.717) is 35.0 Å². The van der Waals surface area contributed by atoms with Crippen molar-refractivity contribution >= 4 is 23.2 Å². The maximum atomic E-state index is 13.4. The molecule has 0 heterocycles. The van der Waals surface area contributed by atoms with E-state index in [1.54, 1.807) is 37.4 Å². The summed E-state index contributed by atoms with van der Waals surface area (Å²) < 4.78 is 11.5. The summed E-state index contributed by atoms with van der Waals surface area (Å²) in [5.74, 6) is 0.0132. The number of nitrogens with zero attached hydrogens (tertiary/aromatic N) is 1. The van der Waals surface area contributed by atoms with Gasteiger partial charge in [0.05, 0.1) is 24.0 Å². The van der Waals surface area contributed by atoms with Crippen molar-refractivity contribution in [3.63, 3.8) is 0 Å². The molecule has 2 amide bonds. The summed E-state index contributed by atoms with van der Waals surface area (Å²) in [5, 5.41) is 12.7. The van der Waals surface area contributed by atoms with Crippen LogP contribution in [0.3, 0.4) is 0 Å². The zero-order valence-corrected chi connectivity index (χ0v) is 20.9. The number of hydrogen-bond acceptors (Lipinski definition) is 5. The van der Waals surface area contributed by atoms with Gasteiger partial charge >= 0.3 is 0 Å². The fourth-order valence-electron chi connectivity index (χ4n) is 3.84. The van der Waals surface area contributed by atoms with E-state index in [-0.39, 0.29) is 17.2 Å². The second-order valence-corrected chi connectivity index (χ2v) is 8.50. The number of carbonyl (C=O) groups is 2. The van der Waals surface area contributed by atoms with Crippen LogP contribution in [-0.4, -0.2) is 31.1 Å². The molecule has 0 aliphatic heterocycles. The van der Waals surface area contributed by atoms with E-state index in [4.69, 9.17) is 9.47 Å². The van der Waals surface area contributed by atoms with Crippen LogP contribution in [0, 0.1) is 6.92 Å². The average molecular weight is 497 g/mol. The molecular weight excluding hydrogens is 468 g/mol. The molecule has 0 radical (unpaired) electrons. The maximum absolute atomic E-state index is 13.4. The van der Waals surface area contributed by atoms with Gasteiger partial charge < -0.3 is 24.8 Å². The first-order valence-electron chi connectivity index (χ1n) is 11.7. The number of para-hydroxylation sites is 1. The van der Waals surface area contributed by atoms with E-state index in [0.717, 1.165) is 11.1 Å². The third kappa shape index (κ3) is 5.90. The zero-order valence-electron chi connectivity index (χ0n) is 20.9. The van der Waals surface area contributed by atoms with E-state index < -0.39 is 5.91 Å². The molecule has 0 saturated heterocycles. The van der Waals surface area contributed by atoms with Gasteiger partial charge in [-0.1, -0.05) is 48.5 Å². The highest BCUT2D eigenvalue weighted by molar-refractivity contribution is 6.09. The molecule has 0 spiro atoms. The van der Waals surface area contributed by atoms with Gasteiger partial charge in [-0.15, -0.1) is 0 Å². The predicted molar refractivity (Wildman–Crippen MR) is 144 cm³/mol. The van der Waals surface area contributed by atoms with Crippen molar-refractivity contribution in [3.8, 4) is 17.2 Å². The second-order valence-electron chi connectivity index (χ2n) is 8.50. The predicted octanol–water partition coefficient (Wildman–Crippen LogP) is 5.82. The van der Waals surface area contributed by atoms with Crippen molar-refractivity contribution < 1.29 is 24.2 Å². The number of carbonyl (C=O) groups excluding carboxylic acids is 2. The van der Waals surface area contributed by atoms with Gasteiger partial charge in [-0.25, -0.2) is 0 Å². The normalized spacial score (nSPS) is 10.5. The van der Waals surface area contributed by atoms with Gasteiger partial charge in [-0.05, 0) is 60.5 Å². The minimum atomic E-state index is -0.493. The molecule has 2 N–H and O–H groups in total. The average Bonchev–Trinajstić information content (AvgIpc) is 2.92. The molecule has 0 unspecified atom stereocenters. The molecule has 0 bridgehead atoms. The Morgan fingerprint density at radius 3 is 2.35 bits per heavy atom. The van der Waals surface area contributed by atoms with E-state index >= 15 is 0 Å². The van der Waals surface area contributed by atoms with Crippen LogP contribution in [0.1, 0.15) is 31.8 Å². The fourth-order valence-corrected chi connectivity index (χ4v) is 3.84. The summed E-state index contributed by atoms with van der Waals surface area (Å²) in [6, 6.07) is 26.5. The van der Waals surface area contributed by atoms with Crippen LogP contribution in [0.25, 0.3) is 0 Å². The number of anilines is 2. The number of rotatable bonds is 8. The summed E-state index contributed by atoms with van der Waals surface area (Å²) >= 11 is 0. The molecule has 37 heavy (non-hydrogen) atoms. The molecule has 0 saturated carbocycles.